The van der Waals surface area contributed by atoms with E-state index in [1.165, 1.54) is 6.92 Å². The summed E-state index contributed by atoms with van der Waals surface area (Å²) in [6, 6.07) is -2.70. The van der Waals surface area contributed by atoms with E-state index in [4.69, 9.17) is 10.8 Å². The SMILES string of the molecule is CC[C@H](C)[C@H](N)C(=O)N[C@@H](CCC(=O)O)C(=O)N[C@@H](C)[C]=O. The van der Waals surface area contributed by atoms with Gasteiger partial charge in [-0.15, -0.1) is 0 Å². The van der Waals surface area contributed by atoms with E-state index in [-0.39, 0.29) is 18.8 Å². The van der Waals surface area contributed by atoms with Crippen LogP contribution in [0.1, 0.15) is 40.0 Å². The molecule has 0 aliphatic rings. The van der Waals surface area contributed by atoms with Crippen LogP contribution in [0.2, 0.25) is 0 Å². The molecular formula is C14H24N3O5. The minimum absolute atomic E-state index is 0.0783. The van der Waals surface area contributed by atoms with Gasteiger partial charge in [-0.25, -0.2) is 0 Å². The maximum atomic E-state index is 12.0. The van der Waals surface area contributed by atoms with Crippen LogP contribution < -0.4 is 16.4 Å². The molecule has 125 valence electrons. The molecule has 2 amide bonds. The Morgan fingerprint density at radius 1 is 1.18 bits per heavy atom. The van der Waals surface area contributed by atoms with Gasteiger partial charge < -0.3 is 21.5 Å². The molecular weight excluding hydrogens is 290 g/mol. The molecule has 0 spiro atoms. The van der Waals surface area contributed by atoms with Gasteiger partial charge in [0.15, 0.2) is 0 Å². The van der Waals surface area contributed by atoms with Crippen molar-refractivity contribution in [1.82, 2.24) is 10.6 Å². The maximum Gasteiger partial charge on any atom is 0.303 e. The van der Waals surface area contributed by atoms with Gasteiger partial charge in [-0.1, -0.05) is 20.3 Å². The molecule has 0 aromatic carbocycles. The van der Waals surface area contributed by atoms with Gasteiger partial charge in [0.05, 0.1) is 12.1 Å². The molecule has 0 aromatic heterocycles. The van der Waals surface area contributed by atoms with Crippen molar-refractivity contribution in [2.45, 2.75) is 58.2 Å². The zero-order valence-corrected chi connectivity index (χ0v) is 13.1. The summed E-state index contributed by atoms with van der Waals surface area (Å²) < 4.78 is 0. The van der Waals surface area contributed by atoms with E-state index in [1.807, 2.05) is 6.92 Å². The standard InChI is InChI=1S/C14H24N3O5/c1-4-8(2)12(15)14(22)17-10(5-6-11(19)20)13(21)16-9(3)7-18/h8-10,12H,4-6,15H2,1-3H3,(H,16,21)(H,17,22)(H,19,20)/t8-,9-,10-,12-/m0/s1. The highest BCUT2D eigenvalue weighted by Crippen LogP contribution is 2.07. The molecule has 0 bridgehead atoms. The van der Waals surface area contributed by atoms with Crippen LogP contribution in [0.3, 0.4) is 0 Å². The number of carbonyl (C=O) groups is 3. The van der Waals surface area contributed by atoms with E-state index < -0.39 is 35.9 Å². The predicted octanol–water partition coefficient (Wildman–Crippen LogP) is -0.676. The Morgan fingerprint density at radius 3 is 2.23 bits per heavy atom. The summed E-state index contributed by atoms with van der Waals surface area (Å²) in [5, 5.41) is 13.5. The lowest BCUT2D eigenvalue weighted by molar-refractivity contribution is -0.138. The van der Waals surface area contributed by atoms with Crippen LogP contribution in [0, 0.1) is 5.92 Å². The summed E-state index contributed by atoms with van der Waals surface area (Å²) in [7, 11) is 0. The number of hydrogen-bond donors (Lipinski definition) is 4. The second-order valence-electron chi connectivity index (χ2n) is 5.25. The van der Waals surface area contributed by atoms with Crippen LogP contribution in [-0.4, -0.2) is 47.3 Å². The molecule has 22 heavy (non-hydrogen) atoms. The number of hydrogen-bond acceptors (Lipinski definition) is 5. The van der Waals surface area contributed by atoms with E-state index in [2.05, 4.69) is 10.6 Å². The van der Waals surface area contributed by atoms with Crippen molar-refractivity contribution in [3.8, 4) is 0 Å². The van der Waals surface area contributed by atoms with Gasteiger partial charge in [-0.05, 0) is 19.3 Å². The fourth-order valence-corrected chi connectivity index (χ4v) is 1.66. The molecule has 0 rings (SSSR count). The number of aliphatic carboxylic acids is 1. The summed E-state index contributed by atoms with van der Waals surface area (Å²) in [6.45, 7) is 5.11. The molecule has 0 aliphatic carbocycles. The van der Waals surface area contributed by atoms with Crippen LogP contribution in [0.25, 0.3) is 0 Å². The van der Waals surface area contributed by atoms with Gasteiger partial charge >= 0.3 is 5.97 Å². The Morgan fingerprint density at radius 2 is 1.77 bits per heavy atom. The van der Waals surface area contributed by atoms with Crippen molar-refractivity contribution >= 4 is 24.1 Å². The third-order valence-corrected chi connectivity index (χ3v) is 3.38. The Kier molecular flexibility index (Phi) is 9.00. The lowest BCUT2D eigenvalue weighted by atomic mass is 9.98. The van der Waals surface area contributed by atoms with Crippen LogP contribution in [-0.2, 0) is 19.2 Å². The van der Waals surface area contributed by atoms with Crippen molar-refractivity contribution in [1.29, 1.82) is 0 Å². The minimum atomic E-state index is -1.09. The number of amides is 2. The predicted molar refractivity (Wildman–Crippen MR) is 79.5 cm³/mol. The highest BCUT2D eigenvalue weighted by atomic mass is 16.4. The maximum absolute atomic E-state index is 12.0. The van der Waals surface area contributed by atoms with E-state index in [0.29, 0.717) is 6.42 Å². The molecule has 4 atom stereocenters. The monoisotopic (exact) mass is 314 g/mol. The smallest absolute Gasteiger partial charge is 0.303 e. The molecule has 0 heterocycles. The molecule has 5 N–H and O–H groups in total. The van der Waals surface area contributed by atoms with Gasteiger partial charge in [-0.2, -0.15) is 0 Å². The first kappa shape index (κ1) is 20.0. The van der Waals surface area contributed by atoms with Crippen LogP contribution in [0.4, 0.5) is 0 Å². The average Bonchev–Trinajstić information content (AvgIpc) is 2.48. The first-order valence-corrected chi connectivity index (χ1v) is 7.18. The highest BCUT2D eigenvalue weighted by Gasteiger charge is 2.27. The Hall–Kier alpha value is -1.96. The van der Waals surface area contributed by atoms with E-state index in [0.717, 1.165) is 0 Å². The van der Waals surface area contributed by atoms with Gasteiger partial charge in [0.2, 0.25) is 18.1 Å². The summed E-state index contributed by atoms with van der Waals surface area (Å²) in [5.74, 6) is -2.33. The van der Waals surface area contributed by atoms with Crippen molar-refractivity contribution in [2.75, 3.05) is 0 Å². The number of rotatable bonds is 10. The van der Waals surface area contributed by atoms with Gasteiger partial charge in [-0.3, -0.25) is 19.2 Å². The topological polar surface area (TPSA) is 139 Å². The number of carbonyl (C=O) groups excluding carboxylic acids is 3. The molecule has 0 saturated carbocycles. The van der Waals surface area contributed by atoms with Gasteiger partial charge in [0.25, 0.3) is 0 Å². The Bertz CT molecular complexity index is 413. The Balaban J connectivity index is 4.84. The van der Waals surface area contributed by atoms with E-state index in [9.17, 15) is 19.2 Å². The lowest BCUT2D eigenvalue weighted by Crippen LogP contribution is -2.54. The zero-order valence-electron chi connectivity index (χ0n) is 13.1. The summed E-state index contributed by atoms with van der Waals surface area (Å²) in [4.78, 5) is 45.1. The molecule has 0 fully saturated rings. The van der Waals surface area contributed by atoms with Gasteiger partial charge in [0.1, 0.15) is 6.04 Å². The third-order valence-electron chi connectivity index (χ3n) is 3.38. The van der Waals surface area contributed by atoms with Crippen molar-refractivity contribution in [3.05, 3.63) is 0 Å². The molecule has 0 unspecified atom stereocenters. The van der Waals surface area contributed by atoms with Crippen molar-refractivity contribution in [2.24, 2.45) is 11.7 Å². The van der Waals surface area contributed by atoms with Crippen LogP contribution in [0.5, 0.6) is 0 Å². The molecule has 0 aliphatic heterocycles. The lowest BCUT2D eigenvalue weighted by Gasteiger charge is -2.23. The van der Waals surface area contributed by atoms with Crippen LogP contribution >= 0.6 is 0 Å². The van der Waals surface area contributed by atoms with Crippen LogP contribution in [0.15, 0.2) is 0 Å². The van der Waals surface area contributed by atoms with Crippen molar-refractivity contribution in [3.63, 3.8) is 0 Å². The number of carboxylic acids is 1. The molecule has 8 nitrogen and oxygen atoms in total. The Labute approximate surface area is 129 Å². The normalized spacial score (nSPS) is 16.0. The number of nitrogens with one attached hydrogen (secondary N) is 2. The molecule has 1 radical (unpaired) electrons. The first-order chi connectivity index (χ1) is 10.2. The minimum Gasteiger partial charge on any atom is -0.481 e. The molecule has 0 aromatic rings. The number of carboxylic acid groups (broad SMARTS) is 1. The fourth-order valence-electron chi connectivity index (χ4n) is 1.66. The first-order valence-electron chi connectivity index (χ1n) is 7.18. The summed E-state index contributed by atoms with van der Waals surface area (Å²) in [5.41, 5.74) is 5.78. The molecule has 0 saturated heterocycles. The quantitative estimate of drug-likeness (QED) is 0.421. The van der Waals surface area contributed by atoms with E-state index >= 15 is 0 Å². The van der Waals surface area contributed by atoms with Crippen molar-refractivity contribution < 1.29 is 24.3 Å². The summed E-state index contributed by atoms with van der Waals surface area (Å²) in [6.07, 6.45) is 1.89. The second kappa shape index (κ2) is 9.88. The average molecular weight is 314 g/mol. The van der Waals surface area contributed by atoms with Gasteiger partial charge in [0, 0.05) is 6.42 Å². The summed E-state index contributed by atoms with van der Waals surface area (Å²) >= 11 is 0. The zero-order chi connectivity index (χ0) is 17.3. The number of nitrogens with two attached hydrogens (primary N) is 1. The second-order valence-corrected chi connectivity index (χ2v) is 5.25. The third kappa shape index (κ3) is 7.16. The highest BCUT2D eigenvalue weighted by molar-refractivity contribution is 5.91. The largest absolute Gasteiger partial charge is 0.481 e. The van der Waals surface area contributed by atoms with E-state index in [1.54, 1.807) is 13.2 Å². The molecule has 8 heteroatoms. The fraction of sp³-hybridized carbons (Fsp3) is 0.714.